The summed E-state index contributed by atoms with van der Waals surface area (Å²) in [6, 6.07) is 7.09. The first-order valence-electron chi connectivity index (χ1n) is 7.56. The van der Waals surface area contributed by atoms with Crippen LogP contribution in [-0.4, -0.2) is 49.9 Å². The molecule has 2 atom stereocenters. The Hall–Kier alpha value is -1.10. The smallest absolute Gasteiger partial charge is 0.122 e. The molecule has 0 aromatic heterocycles. The van der Waals surface area contributed by atoms with Crippen molar-refractivity contribution in [3.63, 3.8) is 0 Å². The van der Waals surface area contributed by atoms with Gasteiger partial charge in [-0.1, -0.05) is 12.1 Å². The van der Waals surface area contributed by atoms with Crippen LogP contribution >= 0.6 is 0 Å². The molecule has 2 aliphatic rings. The van der Waals surface area contributed by atoms with Crippen molar-refractivity contribution < 1.29 is 9.47 Å². The maximum absolute atomic E-state index is 5.71. The second-order valence-corrected chi connectivity index (χ2v) is 5.83. The van der Waals surface area contributed by atoms with E-state index in [2.05, 4.69) is 30.0 Å². The first-order chi connectivity index (χ1) is 9.76. The molecule has 0 amide bonds. The number of benzene rings is 1. The van der Waals surface area contributed by atoms with Gasteiger partial charge in [0.15, 0.2) is 0 Å². The van der Waals surface area contributed by atoms with Crippen molar-refractivity contribution in [2.24, 2.45) is 5.73 Å². The van der Waals surface area contributed by atoms with Gasteiger partial charge in [0.25, 0.3) is 0 Å². The number of hydrogen-bond donors (Lipinski definition) is 1. The minimum Gasteiger partial charge on any atom is -0.493 e. The maximum Gasteiger partial charge on any atom is 0.122 e. The van der Waals surface area contributed by atoms with E-state index in [1.807, 2.05) is 0 Å². The van der Waals surface area contributed by atoms with Crippen molar-refractivity contribution >= 4 is 0 Å². The minimum atomic E-state index is 0.194. The first kappa shape index (κ1) is 13.9. The molecule has 1 saturated heterocycles. The highest BCUT2D eigenvalue weighted by Gasteiger charge is 2.24. The van der Waals surface area contributed by atoms with Crippen molar-refractivity contribution in [1.29, 1.82) is 0 Å². The fourth-order valence-electron chi connectivity index (χ4n) is 3.00. The molecule has 0 saturated carbocycles. The van der Waals surface area contributed by atoms with E-state index in [9.17, 15) is 0 Å². The molecule has 4 nitrogen and oxygen atoms in total. The second-order valence-electron chi connectivity index (χ2n) is 5.83. The Kier molecular flexibility index (Phi) is 4.24. The van der Waals surface area contributed by atoms with Crippen LogP contribution in [0.25, 0.3) is 0 Å². The van der Waals surface area contributed by atoms with Gasteiger partial charge in [0.1, 0.15) is 5.75 Å². The molecule has 1 aromatic carbocycles. The van der Waals surface area contributed by atoms with Gasteiger partial charge in [0.05, 0.1) is 19.3 Å². The van der Waals surface area contributed by atoms with Crippen molar-refractivity contribution in [1.82, 2.24) is 4.90 Å². The van der Waals surface area contributed by atoms with Crippen LogP contribution in [0.15, 0.2) is 18.2 Å². The van der Waals surface area contributed by atoms with E-state index in [1.54, 1.807) is 0 Å². The van der Waals surface area contributed by atoms with Crippen LogP contribution in [0.5, 0.6) is 5.75 Å². The number of nitrogens with zero attached hydrogens (tertiary/aromatic N) is 1. The highest BCUT2D eigenvalue weighted by atomic mass is 16.5. The van der Waals surface area contributed by atoms with Crippen LogP contribution < -0.4 is 10.5 Å². The number of rotatable bonds is 4. The lowest BCUT2D eigenvalue weighted by Crippen LogP contribution is -2.51. The summed E-state index contributed by atoms with van der Waals surface area (Å²) in [6.07, 6.45) is 2.32. The lowest BCUT2D eigenvalue weighted by atomic mass is 10.1. The lowest BCUT2D eigenvalue weighted by Gasteiger charge is -2.37. The molecule has 0 spiro atoms. The molecule has 3 rings (SSSR count). The Balaban J connectivity index is 1.58. The normalized spacial score (nSPS) is 26.3. The van der Waals surface area contributed by atoms with Gasteiger partial charge in [0.2, 0.25) is 0 Å². The molecular weight excluding hydrogens is 252 g/mol. The fraction of sp³-hybridized carbons (Fsp3) is 0.625. The number of nitrogens with two attached hydrogens (primary N) is 1. The average molecular weight is 276 g/mol. The molecular formula is C16H24N2O2. The van der Waals surface area contributed by atoms with Gasteiger partial charge in [-0.2, -0.15) is 0 Å². The number of ether oxygens (including phenoxy) is 2. The van der Waals surface area contributed by atoms with Gasteiger partial charge in [0, 0.05) is 32.1 Å². The SMILES string of the molecule is CC1COC(CN)CN1CCc1ccc2c(c1)CCO2. The Morgan fingerprint density at radius 1 is 1.40 bits per heavy atom. The summed E-state index contributed by atoms with van der Waals surface area (Å²) in [6.45, 7) is 6.48. The zero-order valence-corrected chi connectivity index (χ0v) is 12.2. The Labute approximate surface area is 120 Å². The zero-order chi connectivity index (χ0) is 13.9. The molecule has 2 N–H and O–H groups in total. The zero-order valence-electron chi connectivity index (χ0n) is 12.2. The number of hydrogen-bond acceptors (Lipinski definition) is 4. The highest BCUT2D eigenvalue weighted by molar-refractivity contribution is 5.39. The van der Waals surface area contributed by atoms with E-state index in [-0.39, 0.29) is 6.10 Å². The standard InChI is InChI=1S/C16H24N2O2/c1-12-11-20-15(9-17)10-18(12)6-4-13-2-3-16-14(8-13)5-7-19-16/h2-3,8,12,15H,4-7,9-11,17H2,1H3. The van der Waals surface area contributed by atoms with Crippen LogP contribution in [0.3, 0.4) is 0 Å². The summed E-state index contributed by atoms with van der Waals surface area (Å²) in [5, 5.41) is 0. The lowest BCUT2D eigenvalue weighted by molar-refractivity contribution is -0.0529. The molecule has 0 bridgehead atoms. The fourth-order valence-corrected chi connectivity index (χ4v) is 3.00. The van der Waals surface area contributed by atoms with Crippen LogP contribution in [0.1, 0.15) is 18.1 Å². The van der Waals surface area contributed by atoms with Crippen molar-refractivity contribution in [3.8, 4) is 5.75 Å². The van der Waals surface area contributed by atoms with Gasteiger partial charge in [-0.15, -0.1) is 0 Å². The van der Waals surface area contributed by atoms with Crippen molar-refractivity contribution in [3.05, 3.63) is 29.3 Å². The van der Waals surface area contributed by atoms with Crippen LogP contribution in [0.2, 0.25) is 0 Å². The molecule has 1 aromatic rings. The van der Waals surface area contributed by atoms with Crippen molar-refractivity contribution in [2.75, 3.05) is 32.8 Å². The maximum atomic E-state index is 5.71. The van der Waals surface area contributed by atoms with E-state index >= 15 is 0 Å². The molecule has 4 heteroatoms. The quantitative estimate of drug-likeness (QED) is 0.898. The largest absolute Gasteiger partial charge is 0.493 e. The molecule has 2 unspecified atom stereocenters. The summed E-state index contributed by atoms with van der Waals surface area (Å²) in [4.78, 5) is 2.49. The van der Waals surface area contributed by atoms with Crippen LogP contribution in [0.4, 0.5) is 0 Å². The van der Waals surface area contributed by atoms with Gasteiger partial charge < -0.3 is 15.2 Å². The van der Waals surface area contributed by atoms with Gasteiger partial charge >= 0.3 is 0 Å². The Bertz CT molecular complexity index is 464. The molecule has 2 aliphatic heterocycles. The van der Waals surface area contributed by atoms with E-state index in [1.165, 1.54) is 11.1 Å². The third kappa shape index (κ3) is 2.97. The minimum absolute atomic E-state index is 0.194. The number of morpholine rings is 1. The molecule has 2 heterocycles. The van der Waals surface area contributed by atoms with Gasteiger partial charge in [-0.25, -0.2) is 0 Å². The third-order valence-electron chi connectivity index (χ3n) is 4.34. The summed E-state index contributed by atoms with van der Waals surface area (Å²) in [5.74, 6) is 1.07. The summed E-state index contributed by atoms with van der Waals surface area (Å²) >= 11 is 0. The first-order valence-corrected chi connectivity index (χ1v) is 7.56. The van der Waals surface area contributed by atoms with Crippen LogP contribution in [-0.2, 0) is 17.6 Å². The summed E-state index contributed by atoms with van der Waals surface area (Å²) in [7, 11) is 0. The predicted molar refractivity (Wildman–Crippen MR) is 79.2 cm³/mol. The van der Waals surface area contributed by atoms with E-state index in [0.29, 0.717) is 12.6 Å². The topological polar surface area (TPSA) is 47.7 Å². The molecule has 1 fully saturated rings. The van der Waals surface area contributed by atoms with Crippen LogP contribution in [0, 0.1) is 0 Å². The monoisotopic (exact) mass is 276 g/mol. The molecule has 0 radical (unpaired) electrons. The predicted octanol–water partition coefficient (Wildman–Crippen LogP) is 1.21. The molecule has 110 valence electrons. The third-order valence-corrected chi connectivity index (χ3v) is 4.34. The molecule has 0 aliphatic carbocycles. The average Bonchev–Trinajstić information content (AvgIpc) is 2.94. The number of fused-ring (bicyclic) bond motifs is 1. The van der Waals surface area contributed by atoms with E-state index in [4.69, 9.17) is 15.2 Å². The van der Waals surface area contributed by atoms with Gasteiger partial charge in [-0.05, 0) is 30.5 Å². The second kappa shape index (κ2) is 6.12. The van der Waals surface area contributed by atoms with E-state index < -0.39 is 0 Å². The molecule has 20 heavy (non-hydrogen) atoms. The Morgan fingerprint density at radius 2 is 2.30 bits per heavy atom. The highest BCUT2D eigenvalue weighted by Crippen LogP contribution is 2.26. The van der Waals surface area contributed by atoms with E-state index in [0.717, 1.165) is 44.9 Å². The van der Waals surface area contributed by atoms with Gasteiger partial charge in [-0.3, -0.25) is 4.90 Å². The van der Waals surface area contributed by atoms with Crippen molar-refractivity contribution in [2.45, 2.75) is 31.9 Å². The summed E-state index contributed by atoms with van der Waals surface area (Å²) < 4.78 is 11.3. The summed E-state index contributed by atoms with van der Waals surface area (Å²) in [5.41, 5.74) is 8.47. The Morgan fingerprint density at radius 3 is 3.15 bits per heavy atom.